The zero-order chi connectivity index (χ0) is 10.7. The maximum Gasteiger partial charge on any atom is 0.0565 e. The summed E-state index contributed by atoms with van der Waals surface area (Å²) in [5, 5.41) is 5.75. The molecular weight excluding hydrogens is 206 g/mol. The number of ether oxygens (including phenoxy) is 1. The van der Waals surface area contributed by atoms with Crippen molar-refractivity contribution in [3.8, 4) is 0 Å². The molecule has 1 N–H and O–H groups in total. The molecule has 84 valence electrons. The molecule has 1 aromatic rings. The van der Waals surface area contributed by atoms with Crippen LogP contribution in [0.15, 0.2) is 17.5 Å². The van der Waals surface area contributed by atoms with Crippen LogP contribution in [0, 0.1) is 0 Å². The Morgan fingerprint density at radius 3 is 2.73 bits per heavy atom. The van der Waals surface area contributed by atoms with E-state index in [9.17, 15) is 0 Å². The highest BCUT2D eigenvalue weighted by molar-refractivity contribution is 7.09. The van der Waals surface area contributed by atoms with Crippen LogP contribution in [-0.4, -0.2) is 18.2 Å². The van der Waals surface area contributed by atoms with E-state index in [1.54, 1.807) is 0 Å². The van der Waals surface area contributed by atoms with Gasteiger partial charge in [0, 0.05) is 17.5 Å². The Morgan fingerprint density at radius 1 is 1.40 bits per heavy atom. The lowest BCUT2D eigenvalue weighted by Gasteiger charge is -2.32. The fourth-order valence-electron chi connectivity index (χ4n) is 2.23. The Balaban J connectivity index is 1.79. The van der Waals surface area contributed by atoms with Gasteiger partial charge in [0.25, 0.3) is 0 Å². The Morgan fingerprint density at radius 2 is 2.13 bits per heavy atom. The standard InChI is InChI=1S/C12H19NOS/c1-9-6-11(7-10(2)14-9)13-8-12-4-3-5-15-12/h3-5,9-11,13H,6-8H2,1-2H3/t9-,10+,11?. The summed E-state index contributed by atoms with van der Waals surface area (Å²) in [6.45, 7) is 5.33. The molecular formula is C12H19NOS. The van der Waals surface area contributed by atoms with Gasteiger partial charge in [0.1, 0.15) is 0 Å². The maximum atomic E-state index is 5.72. The molecule has 0 bridgehead atoms. The minimum Gasteiger partial charge on any atom is -0.375 e. The molecule has 3 atom stereocenters. The number of thiophene rings is 1. The maximum absolute atomic E-state index is 5.72. The molecule has 0 saturated carbocycles. The normalized spacial score (nSPS) is 31.7. The van der Waals surface area contributed by atoms with Gasteiger partial charge in [-0.25, -0.2) is 0 Å². The van der Waals surface area contributed by atoms with Gasteiger partial charge in [0.15, 0.2) is 0 Å². The van der Waals surface area contributed by atoms with E-state index in [-0.39, 0.29) is 0 Å². The summed E-state index contributed by atoms with van der Waals surface area (Å²) >= 11 is 1.82. The van der Waals surface area contributed by atoms with Crippen LogP contribution < -0.4 is 5.32 Å². The van der Waals surface area contributed by atoms with Gasteiger partial charge in [-0.2, -0.15) is 0 Å². The Labute approximate surface area is 95.6 Å². The van der Waals surface area contributed by atoms with Gasteiger partial charge in [-0.15, -0.1) is 11.3 Å². The van der Waals surface area contributed by atoms with Crippen molar-refractivity contribution in [2.75, 3.05) is 0 Å². The molecule has 2 rings (SSSR count). The molecule has 15 heavy (non-hydrogen) atoms. The van der Waals surface area contributed by atoms with Crippen molar-refractivity contribution in [2.45, 2.75) is 51.5 Å². The van der Waals surface area contributed by atoms with Crippen LogP contribution in [0.3, 0.4) is 0 Å². The Kier molecular flexibility index (Phi) is 3.78. The van der Waals surface area contributed by atoms with E-state index in [0.717, 1.165) is 19.4 Å². The SMILES string of the molecule is C[C@@H]1CC(NCc2cccs2)C[C@H](C)O1. The molecule has 1 unspecified atom stereocenters. The smallest absolute Gasteiger partial charge is 0.0565 e. The molecule has 1 saturated heterocycles. The quantitative estimate of drug-likeness (QED) is 0.854. The summed E-state index contributed by atoms with van der Waals surface area (Å²) in [4.78, 5) is 1.42. The van der Waals surface area contributed by atoms with Gasteiger partial charge in [0.2, 0.25) is 0 Å². The second kappa shape index (κ2) is 5.10. The lowest BCUT2D eigenvalue weighted by Crippen LogP contribution is -2.40. The predicted molar refractivity (Wildman–Crippen MR) is 64.2 cm³/mol. The third-order valence-electron chi connectivity index (χ3n) is 2.84. The summed E-state index contributed by atoms with van der Waals surface area (Å²) < 4.78 is 5.72. The van der Waals surface area contributed by atoms with Crippen LogP contribution in [0.4, 0.5) is 0 Å². The molecule has 0 spiro atoms. The summed E-state index contributed by atoms with van der Waals surface area (Å²) in [6, 6.07) is 4.91. The first-order chi connectivity index (χ1) is 7.24. The first kappa shape index (κ1) is 11.1. The average Bonchev–Trinajstić information content (AvgIpc) is 2.65. The van der Waals surface area contributed by atoms with Crippen molar-refractivity contribution in [3.63, 3.8) is 0 Å². The lowest BCUT2D eigenvalue weighted by atomic mass is 10.00. The van der Waals surface area contributed by atoms with Crippen LogP contribution in [0.25, 0.3) is 0 Å². The molecule has 0 aromatic carbocycles. The van der Waals surface area contributed by atoms with Crippen LogP contribution in [0.1, 0.15) is 31.6 Å². The number of nitrogens with one attached hydrogen (secondary N) is 1. The summed E-state index contributed by atoms with van der Waals surface area (Å²) in [6.07, 6.45) is 3.06. The van der Waals surface area contributed by atoms with E-state index in [1.807, 2.05) is 11.3 Å². The third kappa shape index (κ3) is 3.30. The predicted octanol–water partition coefficient (Wildman–Crippen LogP) is 2.79. The monoisotopic (exact) mass is 225 g/mol. The van der Waals surface area contributed by atoms with E-state index < -0.39 is 0 Å². The summed E-state index contributed by atoms with van der Waals surface area (Å²) in [7, 11) is 0. The van der Waals surface area contributed by atoms with Crippen molar-refractivity contribution in [3.05, 3.63) is 22.4 Å². The van der Waals surface area contributed by atoms with Crippen molar-refractivity contribution >= 4 is 11.3 Å². The van der Waals surface area contributed by atoms with E-state index in [2.05, 4.69) is 36.7 Å². The van der Waals surface area contributed by atoms with Crippen molar-refractivity contribution in [2.24, 2.45) is 0 Å². The largest absolute Gasteiger partial charge is 0.375 e. The van der Waals surface area contributed by atoms with Gasteiger partial charge in [-0.05, 0) is 38.1 Å². The van der Waals surface area contributed by atoms with Crippen molar-refractivity contribution in [1.82, 2.24) is 5.32 Å². The molecule has 1 aromatic heterocycles. The summed E-state index contributed by atoms with van der Waals surface area (Å²) in [5.74, 6) is 0. The minimum atomic E-state index is 0.398. The van der Waals surface area contributed by atoms with E-state index in [4.69, 9.17) is 4.74 Å². The van der Waals surface area contributed by atoms with E-state index in [0.29, 0.717) is 18.2 Å². The minimum absolute atomic E-state index is 0.398. The second-order valence-electron chi connectivity index (χ2n) is 4.39. The van der Waals surface area contributed by atoms with Crippen LogP contribution in [0.2, 0.25) is 0 Å². The first-order valence-electron chi connectivity index (χ1n) is 5.65. The molecule has 2 heterocycles. The topological polar surface area (TPSA) is 21.3 Å². The second-order valence-corrected chi connectivity index (χ2v) is 5.42. The van der Waals surface area contributed by atoms with Crippen LogP contribution in [-0.2, 0) is 11.3 Å². The van der Waals surface area contributed by atoms with Gasteiger partial charge < -0.3 is 10.1 Å². The number of rotatable bonds is 3. The van der Waals surface area contributed by atoms with Crippen LogP contribution in [0.5, 0.6) is 0 Å². The number of hydrogen-bond acceptors (Lipinski definition) is 3. The average molecular weight is 225 g/mol. The third-order valence-corrected chi connectivity index (χ3v) is 3.72. The molecule has 2 nitrogen and oxygen atoms in total. The molecule has 0 radical (unpaired) electrons. The fourth-order valence-corrected chi connectivity index (χ4v) is 2.89. The van der Waals surface area contributed by atoms with E-state index in [1.165, 1.54) is 4.88 Å². The van der Waals surface area contributed by atoms with Gasteiger partial charge in [-0.1, -0.05) is 6.07 Å². The molecule has 0 aliphatic carbocycles. The highest BCUT2D eigenvalue weighted by Crippen LogP contribution is 2.19. The fraction of sp³-hybridized carbons (Fsp3) is 0.667. The highest BCUT2D eigenvalue weighted by Gasteiger charge is 2.23. The molecule has 1 aliphatic heterocycles. The molecule has 0 amide bonds. The van der Waals surface area contributed by atoms with E-state index >= 15 is 0 Å². The molecule has 1 fully saturated rings. The van der Waals surface area contributed by atoms with Crippen molar-refractivity contribution in [1.29, 1.82) is 0 Å². The highest BCUT2D eigenvalue weighted by atomic mass is 32.1. The lowest BCUT2D eigenvalue weighted by molar-refractivity contribution is -0.0422. The zero-order valence-corrected chi connectivity index (χ0v) is 10.2. The number of hydrogen-bond donors (Lipinski definition) is 1. The van der Waals surface area contributed by atoms with Crippen molar-refractivity contribution < 1.29 is 4.74 Å². The Hall–Kier alpha value is -0.380. The zero-order valence-electron chi connectivity index (χ0n) is 9.40. The molecule has 3 heteroatoms. The Bertz CT molecular complexity index is 276. The summed E-state index contributed by atoms with van der Waals surface area (Å²) in [5.41, 5.74) is 0. The molecule has 1 aliphatic rings. The van der Waals surface area contributed by atoms with Gasteiger partial charge in [0.05, 0.1) is 12.2 Å². The van der Waals surface area contributed by atoms with Gasteiger partial charge >= 0.3 is 0 Å². The van der Waals surface area contributed by atoms with Crippen LogP contribution >= 0.6 is 11.3 Å². The van der Waals surface area contributed by atoms with Gasteiger partial charge in [-0.3, -0.25) is 0 Å². The first-order valence-corrected chi connectivity index (χ1v) is 6.53.